The van der Waals surface area contributed by atoms with E-state index >= 15 is 0 Å². The van der Waals surface area contributed by atoms with E-state index in [9.17, 15) is 18.0 Å². The highest BCUT2D eigenvalue weighted by Crippen LogP contribution is 2.22. The SMILES string of the molecule is O=C1c2ccccc2C(=O)N1CCS(=O)(=O)NOCCN1CCCCC1. The van der Waals surface area contributed by atoms with Gasteiger partial charge in [0.15, 0.2) is 0 Å². The van der Waals surface area contributed by atoms with E-state index in [0.717, 1.165) is 30.8 Å². The topological polar surface area (TPSA) is 96.0 Å². The van der Waals surface area contributed by atoms with Crippen LogP contribution in [0.25, 0.3) is 0 Å². The molecule has 9 heteroatoms. The van der Waals surface area contributed by atoms with E-state index < -0.39 is 27.6 Å². The number of hydrogen-bond acceptors (Lipinski definition) is 6. The van der Waals surface area contributed by atoms with E-state index in [0.29, 0.717) is 17.7 Å². The molecule has 0 spiro atoms. The summed E-state index contributed by atoms with van der Waals surface area (Å²) in [6.07, 6.45) is 3.56. The summed E-state index contributed by atoms with van der Waals surface area (Å²) in [5.74, 6) is -1.33. The Hall–Kier alpha value is -1.81. The molecule has 1 saturated heterocycles. The van der Waals surface area contributed by atoms with E-state index in [-0.39, 0.29) is 13.2 Å². The smallest absolute Gasteiger partial charge is 0.261 e. The third-order valence-electron chi connectivity index (χ3n) is 4.61. The predicted octanol–water partition coefficient (Wildman–Crippen LogP) is 0.620. The van der Waals surface area contributed by atoms with Gasteiger partial charge in [0.2, 0.25) is 10.0 Å². The lowest BCUT2D eigenvalue weighted by molar-refractivity contribution is 0.0636. The lowest BCUT2D eigenvalue weighted by atomic mass is 10.1. The van der Waals surface area contributed by atoms with Crippen LogP contribution in [0.1, 0.15) is 40.0 Å². The molecular formula is C17H23N3O5S. The number of nitrogens with one attached hydrogen (secondary N) is 1. The molecule has 2 aliphatic heterocycles. The zero-order valence-electron chi connectivity index (χ0n) is 14.5. The Bertz CT molecular complexity index is 739. The van der Waals surface area contributed by atoms with Crippen LogP contribution in [0.2, 0.25) is 0 Å². The Labute approximate surface area is 153 Å². The van der Waals surface area contributed by atoms with Crippen LogP contribution < -0.4 is 4.89 Å². The van der Waals surface area contributed by atoms with Crippen molar-refractivity contribution in [2.45, 2.75) is 19.3 Å². The summed E-state index contributed by atoms with van der Waals surface area (Å²) >= 11 is 0. The number of carbonyl (C=O) groups is 2. The molecule has 1 N–H and O–H groups in total. The Kier molecular flexibility index (Phi) is 6.02. The molecular weight excluding hydrogens is 358 g/mol. The molecule has 1 aromatic carbocycles. The van der Waals surface area contributed by atoms with Crippen molar-refractivity contribution in [3.8, 4) is 0 Å². The van der Waals surface area contributed by atoms with Crippen LogP contribution in [0, 0.1) is 0 Å². The summed E-state index contributed by atoms with van der Waals surface area (Å²) in [7, 11) is -3.74. The number of carbonyl (C=O) groups excluding carboxylic acids is 2. The summed E-state index contributed by atoms with van der Waals surface area (Å²) in [6, 6.07) is 6.46. The van der Waals surface area contributed by atoms with Gasteiger partial charge in [-0.15, -0.1) is 0 Å². The van der Waals surface area contributed by atoms with Gasteiger partial charge in [0.1, 0.15) is 0 Å². The van der Waals surface area contributed by atoms with E-state index in [1.54, 1.807) is 24.3 Å². The molecule has 0 bridgehead atoms. The first-order valence-electron chi connectivity index (χ1n) is 8.77. The van der Waals surface area contributed by atoms with Crippen molar-refractivity contribution >= 4 is 21.8 Å². The Balaban J connectivity index is 1.43. The first-order valence-corrected chi connectivity index (χ1v) is 10.4. The zero-order valence-corrected chi connectivity index (χ0v) is 15.3. The maximum absolute atomic E-state index is 12.2. The fourth-order valence-electron chi connectivity index (χ4n) is 3.18. The van der Waals surface area contributed by atoms with Gasteiger partial charge in [0.25, 0.3) is 11.8 Å². The molecule has 0 aliphatic carbocycles. The normalized spacial score (nSPS) is 18.4. The van der Waals surface area contributed by atoms with Gasteiger partial charge >= 0.3 is 0 Å². The van der Waals surface area contributed by atoms with Crippen LogP contribution in [0.3, 0.4) is 0 Å². The maximum Gasteiger partial charge on any atom is 0.261 e. The molecule has 2 amide bonds. The first kappa shape index (κ1) is 19.0. The summed E-state index contributed by atoms with van der Waals surface area (Å²) < 4.78 is 24.1. The number of hydrogen-bond donors (Lipinski definition) is 1. The van der Waals surface area contributed by atoms with Crippen molar-refractivity contribution in [2.75, 3.05) is 38.5 Å². The lowest BCUT2D eigenvalue weighted by Crippen LogP contribution is -2.39. The molecule has 26 heavy (non-hydrogen) atoms. The molecule has 8 nitrogen and oxygen atoms in total. The number of rotatable bonds is 8. The number of sulfonamides is 1. The molecule has 0 radical (unpaired) electrons. The van der Waals surface area contributed by atoms with E-state index in [2.05, 4.69) is 9.79 Å². The number of nitrogens with zero attached hydrogens (tertiary/aromatic N) is 2. The molecule has 3 rings (SSSR count). The summed E-state index contributed by atoms with van der Waals surface area (Å²) in [5, 5.41) is 0. The van der Waals surface area contributed by atoms with Gasteiger partial charge in [-0.1, -0.05) is 23.4 Å². The number of fused-ring (bicyclic) bond motifs is 1. The van der Waals surface area contributed by atoms with Crippen LogP contribution in [-0.2, 0) is 14.9 Å². The maximum atomic E-state index is 12.2. The second-order valence-electron chi connectivity index (χ2n) is 6.46. The van der Waals surface area contributed by atoms with Crippen molar-refractivity contribution in [3.05, 3.63) is 35.4 Å². The highest BCUT2D eigenvalue weighted by Gasteiger charge is 2.35. The fraction of sp³-hybridized carbons (Fsp3) is 0.529. The minimum Gasteiger partial charge on any atom is -0.301 e. The van der Waals surface area contributed by atoms with E-state index in [4.69, 9.17) is 4.84 Å². The molecule has 142 valence electrons. The quantitative estimate of drug-likeness (QED) is 0.403. The Morgan fingerprint density at radius 1 is 0.962 bits per heavy atom. The first-order chi connectivity index (χ1) is 12.5. The summed E-state index contributed by atoms with van der Waals surface area (Å²) in [4.78, 5) is 34.7. The minimum absolute atomic E-state index is 0.211. The number of imide groups is 1. The van der Waals surface area contributed by atoms with Gasteiger partial charge in [0.05, 0.1) is 23.5 Å². The Morgan fingerprint density at radius 2 is 1.58 bits per heavy atom. The standard InChI is InChI=1S/C17H23N3O5S/c21-16-14-6-2-3-7-15(14)17(22)20(16)11-13-26(23,24)18-25-12-10-19-8-4-1-5-9-19/h2-3,6-7,18H,1,4-5,8-13H2. The fourth-order valence-corrected chi connectivity index (χ4v) is 3.95. The highest BCUT2D eigenvalue weighted by atomic mass is 32.2. The van der Waals surface area contributed by atoms with Gasteiger partial charge in [-0.05, 0) is 38.1 Å². The van der Waals surface area contributed by atoms with Gasteiger partial charge in [0, 0.05) is 13.1 Å². The molecule has 0 unspecified atom stereocenters. The molecule has 0 aromatic heterocycles. The Morgan fingerprint density at radius 3 is 2.19 bits per heavy atom. The minimum atomic E-state index is -3.74. The van der Waals surface area contributed by atoms with Crippen LogP contribution in [0.4, 0.5) is 0 Å². The van der Waals surface area contributed by atoms with Crippen molar-refractivity contribution in [2.24, 2.45) is 0 Å². The number of piperidine rings is 1. The zero-order chi connectivity index (χ0) is 18.6. The van der Waals surface area contributed by atoms with Crippen molar-refractivity contribution < 1.29 is 22.8 Å². The largest absolute Gasteiger partial charge is 0.301 e. The van der Waals surface area contributed by atoms with Crippen LogP contribution in [-0.4, -0.2) is 68.6 Å². The van der Waals surface area contributed by atoms with Gasteiger partial charge in [-0.25, -0.2) is 8.42 Å². The van der Waals surface area contributed by atoms with Crippen molar-refractivity contribution in [1.29, 1.82) is 0 Å². The number of benzene rings is 1. The summed E-state index contributed by atoms with van der Waals surface area (Å²) in [6.45, 7) is 2.73. The number of likely N-dealkylation sites (tertiary alicyclic amines) is 1. The van der Waals surface area contributed by atoms with Gasteiger partial charge < -0.3 is 4.90 Å². The second kappa shape index (κ2) is 8.26. The average molecular weight is 381 g/mol. The average Bonchev–Trinajstić information content (AvgIpc) is 2.89. The van der Waals surface area contributed by atoms with E-state index in [1.807, 2.05) is 0 Å². The molecule has 2 heterocycles. The highest BCUT2D eigenvalue weighted by molar-refractivity contribution is 7.89. The molecule has 0 atom stereocenters. The van der Waals surface area contributed by atoms with Gasteiger partial charge in [-0.3, -0.25) is 19.3 Å². The van der Waals surface area contributed by atoms with Crippen molar-refractivity contribution in [1.82, 2.24) is 14.7 Å². The predicted molar refractivity (Wildman–Crippen MR) is 95.0 cm³/mol. The second-order valence-corrected chi connectivity index (χ2v) is 8.26. The molecule has 0 saturated carbocycles. The van der Waals surface area contributed by atoms with Crippen molar-refractivity contribution in [3.63, 3.8) is 0 Å². The lowest BCUT2D eigenvalue weighted by Gasteiger charge is -2.25. The van der Waals surface area contributed by atoms with Gasteiger partial charge in [-0.2, -0.15) is 0 Å². The molecule has 1 fully saturated rings. The summed E-state index contributed by atoms with van der Waals surface area (Å²) in [5.41, 5.74) is 0.612. The third kappa shape index (κ3) is 4.47. The third-order valence-corrected chi connectivity index (χ3v) is 5.70. The van der Waals surface area contributed by atoms with Crippen LogP contribution in [0.15, 0.2) is 24.3 Å². The molecule has 1 aromatic rings. The van der Waals surface area contributed by atoms with E-state index in [1.165, 1.54) is 6.42 Å². The van der Waals surface area contributed by atoms with Crippen LogP contribution in [0.5, 0.6) is 0 Å². The number of amides is 2. The van der Waals surface area contributed by atoms with Crippen LogP contribution >= 0.6 is 0 Å². The monoisotopic (exact) mass is 381 g/mol. The molecule has 2 aliphatic rings.